The zero-order chi connectivity index (χ0) is 16.2. The van der Waals surface area contributed by atoms with E-state index >= 15 is 0 Å². The molecule has 0 aliphatic rings. The summed E-state index contributed by atoms with van der Waals surface area (Å²) in [6.07, 6.45) is 0. The van der Waals surface area contributed by atoms with Crippen LogP contribution in [0.1, 0.15) is 19.4 Å². The van der Waals surface area contributed by atoms with E-state index in [4.69, 9.17) is 10.5 Å². The number of rotatable bonds is 7. The van der Waals surface area contributed by atoms with Crippen LogP contribution in [0, 0.1) is 5.82 Å². The highest BCUT2D eigenvalue weighted by molar-refractivity contribution is 9.10. The van der Waals surface area contributed by atoms with Gasteiger partial charge in [0.05, 0.1) is 6.61 Å². The van der Waals surface area contributed by atoms with Crippen LogP contribution in [0.15, 0.2) is 21.5 Å². The highest BCUT2D eigenvalue weighted by Gasteiger charge is 2.30. The van der Waals surface area contributed by atoms with Crippen molar-refractivity contribution in [1.82, 2.24) is 4.31 Å². The Morgan fingerprint density at radius 2 is 2.05 bits per heavy atom. The van der Waals surface area contributed by atoms with Crippen LogP contribution in [0.4, 0.5) is 4.39 Å². The van der Waals surface area contributed by atoms with Crippen molar-refractivity contribution >= 4 is 26.0 Å². The Morgan fingerprint density at radius 1 is 1.43 bits per heavy atom. The minimum Gasteiger partial charge on any atom is -0.383 e. The molecule has 120 valence electrons. The summed E-state index contributed by atoms with van der Waals surface area (Å²) in [5.74, 6) is -0.802. The lowest BCUT2D eigenvalue weighted by molar-refractivity contribution is 0.170. The summed E-state index contributed by atoms with van der Waals surface area (Å²) < 4.78 is 46.3. The van der Waals surface area contributed by atoms with E-state index in [1.165, 1.54) is 23.5 Å². The molecule has 0 saturated heterocycles. The van der Waals surface area contributed by atoms with Crippen molar-refractivity contribution in [1.29, 1.82) is 0 Å². The SMILES string of the molecule is COCCN(C(C)C)S(=O)(=O)c1cc(Br)cc(CN)c1F. The third-order valence-electron chi connectivity index (χ3n) is 2.98. The van der Waals surface area contributed by atoms with Crippen LogP contribution in [0.2, 0.25) is 0 Å². The number of nitrogens with zero attached hydrogens (tertiary/aromatic N) is 1. The normalized spacial score (nSPS) is 12.4. The van der Waals surface area contributed by atoms with E-state index in [0.717, 1.165) is 0 Å². The summed E-state index contributed by atoms with van der Waals surface area (Å²) in [5, 5.41) is 0. The van der Waals surface area contributed by atoms with Crippen LogP contribution in [0.3, 0.4) is 0 Å². The number of halogens is 2. The van der Waals surface area contributed by atoms with Crippen LogP contribution in [0.5, 0.6) is 0 Å². The van der Waals surface area contributed by atoms with Crippen molar-refractivity contribution in [2.45, 2.75) is 31.3 Å². The summed E-state index contributed by atoms with van der Waals surface area (Å²) >= 11 is 3.19. The minimum absolute atomic E-state index is 0.0759. The van der Waals surface area contributed by atoms with E-state index < -0.39 is 15.8 Å². The molecule has 0 saturated carbocycles. The fourth-order valence-corrected chi connectivity index (χ4v) is 4.33. The lowest BCUT2D eigenvalue weighted by Gasteiger charge is -2.26. The molecule has 0 fully saturated rings. The number of hydrogen-bond donors (Lipinski definition) is 1. The summed E-state index contributed by atoms with van der Waals surface area (Å²) in [7, 11) is -2.48. The van der Waals surface area contributed by atoms with Gasteiger partial charge in [-0.1, -0.05) is 15.9 Å². The molecule has 8 heteroatoms. The maximum atomic E-state index is 14.4. The summed E-state index contributed by atoms with van der Waals surface area (Å²) in [6.45, 7) is 3.77. The van der Waals surface area contributed by atoms with Gasteiger partial charge in [0.15, 0.2) is 0 Å². The predicted octanol–water partition coefficient (Wildman–Crippen LogP) is 2.09. The second kappa shape index (κ2) is 7.64. The first-order valence-corrected chi connectivity index (χ1v) is 8.67. The van der Waals surface area contributed by atoms with Crippen molar-refractivity contribution in [2.75, 3.05) is 20.3 Å². The van der Waals surface area contributed by atoms with Crippen molar-refractivity contribution in [3.8, 4) is 0 Å². The van der Waals surface area contributed by atoms with Crippen molar-refractivity contribution in [3.05, 3.63) is 28.0 Å². The molecular weight excluding hydrogens is 363 g/mol. The molecule has 0 aromatic heterocycles. The number of ether oxygens (including phenoxy) is 1. The van der Waals surface area contributed by atoms with Gasteiger partial charge in [0.1, 0.15) is 10.7 Å². The first-order valence-electron chi connectivity index (χ1n) is 6.44. The molecule has 21 heavy (non-hydrogen) atoms. The van der Waals surface area contributed by atoms with E-state index in [9.17, 15) is 12.8 Å². The molecule has 0 heterocycles. The van der Waals surface area contributed by atoms with Gasteiger partial charge in [-0.3, -0.25) is 0 Å². The lowest BCUT2D eigenvalue weighted by Crippen LogP contribution is -2.39. The Balaban J connectivity index is 3.37. The molecule has 5 nitrogen and oxygen atoms in total. The molecule has 0 radical (unpaired) electrons. The quantitative estimate of drug-likeness (QED) is 0.783. The maximum Gasteiger partial charge on any atom is 0.246 e. The highest BCUT2D eigenvalue weighted by Crippen LogP contribution is 2.27. The molecule has 1 rings (SSSR count). The Morgan fingerprint density at radius 3 is 2.52 bits per heavy atom. The van der Waals surface area contributed by atoms with Crippen molar-refractivity contribution in [2.24, 2.45) is 5.73 Å². The van der Waals surface area contributed by atoms with E-state index in [1.54, 1.807) is 13.8 Å². The van der Waals surface area contributed by atoms with Crippen LogP contribution in [-0.4, -0.2) is 39.0 Å². The average Bonchev–Trinajstić information content (AvgIpc) is 2.40. The van der Waals surface area contributed by atoms with Crippen LogP contribution in [0.25, 0.3) is 0 Å². The van der Waals surface area contributed by atoms with Gasteiger partial charge in [-0.25, -0.2) is 12.8 Å². The number of sulfonamides is 1. The second-order valence-corrected chi connectivity index (χ2v) is 7.56. The molecule has 0 aliphatic carbocycles. The molecule has 0 bridgehead atoms. The topological polar surface area (TPSA) is 72.6 Å². The van der Waals surface area contributed by atoms with Gasteiger partial charge in [0.2, 0.25) is 10.0 Å². The van der Waals surface area contributed by atoms with Crippen LogP contribution < -0.4 is 5.73 Å². The van der Waals surface area contributed by atoms with Crippen molar-refractivity contribution in [3.63, 3.8) is 0 Å². The number of nitrogens with two attached hydrogens (primary N) is 1. The molecule has 2 N–H and O–H groups in total. The standard InChI is InChI=1S/C13H20BrFN2O3S/c1-9(2)17(4-5-20-3)21(18,19)12-7-11(14)6-10(8-16)13(12)15/h6-7,9H,4-5,8,16H2,1-3H3. The summed E-state index contributed by atoms with van der Waals surface area (Å²) in [5.41, 5.74) is 5.61. The largest absolute Gasteiger partial charge is 0.383 e. The molecule has 0 aliphatic heterocycles. The third-order valence-corrected chi connectivity index (χ3v) is 5.51. The molecule has 1 aromatic rings. The van der Waals surface area contributed by atoms with Gasteiger partial charge in [-0.15, -0.1) is 0 Å². The van der Waals surface area contributed by atoms with Gasteiger partial charge in [-0.2, -0.15) is 4.31 Å². The van der Waals surface area contributed by atoms with E-state index in [0.29, 0.717) is 4.47 Å². The number of methoxy groups -OCH3 is 1. The highest BCUT2D eigenvalue weighted by atomic mass is 79.9. The monoisotopic (exact) mass is 382 g/mol. The minimum atomic E-state index is -3.97. The zero-order valence-corrected chi connectivity index (χ0v) is 14.7. The van der Waals surface area contributed by atoms with E-state index in [2.05, 4.69) is 15.9 Å². The first kappa shape index (κ1) is 18.5. The smallest absolute Gasteiger partial charge is 0.246 e. The fourth-order valence-electron chi connectivity index (χ4n) is 1.92. The van der Waals surface area contributed by atoms with Crippen LogP contribution in [-0.2, 0) is 21.3 Å². The third kappa shape index (κ3) is 4.23. The average molecular weight is 383 g/mol. The predicted molar refractivity (Wildman–Crippen MR) is 82.9 cm³/mol. The summed E-state index contributed by atoms with van der Waals surface area (Å²) in [6, 6.07) is 2.42. The Kier molecular flexibility index (Phi) is 6.73. The van der Waals surface area contributed by atoms with Gasteiger partial charge in [-0.05, 0) is 26.0 Å². The summed E-state index contributed by atoms with van der Waals surface area (Å²) in [4.78, 5) is -0.373. The molecule has 0 spiro atoms. The Hall–Kier alpha value is -0.540. The molecule has 0 unspecified atom stereocenters. The Labute approximate surface area is 133 Å². The zero-order valence-electron chi connectivity index (χ0n) is 12.3. The molecular formula is C13H20BrFN2O3S. The van der Waals surface area contributed by atoms with Gasteiger partial charge < -0.3 is 10.5 Å². The Bertz CT molecular complexity index is 593. The molecule has 1 aromatic carbocycles. The van der Waals surface area contributed by atoms with E-state index in [-0.39, 0.29) is 36.2 Å². The first-order chi connectivity index (χ1) is 9.75. The fraction of sp³-hybridized carbons (Fsp3) is 0.538. The van der Waals surface area contributed by atoms with Gasteiger partial charge >= 0.3 is 0 Å². The van der Waals surface area contributed by atoms with Crippen molar-refractivity contribution < 1.29 is 17.5 Å². The van der Waals surface area contributed by atoms with Gasteiger partial charge in [0, 0.05) is 36.3 Å². The second-order valence-electron chi connectivity index (χ2n) is 4.78. The van der Waals surface area contributed by atoms with E-state index in [1.807, 2.05) is 0 Å². The van der Waals surface area contributed by atoms with Gasteiger partial charge in [0.25, 0.3) is 0 Å². The maximum absolute atomic E-state index is 14.4. The number of benzene rings is 1. The molecule has 0 atom stereocenters. The lowest BCUT2D eigenvalue weighted by atomic mass is 10.2. The number of hydrogen-bond acceptors (Lipinski definition) is 4. The van der Waals surface area contributed by atoms with Crippen LogP contribution >= 0.6 is 15.9 Å². The molecule has 0 amide bonds.